The first-order valence-corrected chi connectivity index (χ1v) is 10.0. The van der Waals surface area contributed by atoms with Crippen LogP contribution in [0.2, 0.25) is 0 Å². The van der Waals surface area contributed by atoms with Crippen LogP contribution >= 0.6 is 0 Å². The third kappa shape index (κ3) is 4.92. The van der Waals surface area contributed by atoms with Crippen molar-refractivity contribution in [1.29, 1.82) is 0 Å². The van der Waals surface area contributed by atoms with Crippen molar-refractivity contribution >= 4 is 28.4 Å². The fraction of sp³-hybridized carbons (Fsp3) is 0.333. The van der Waals surface area contributed by atoms with Crippen LogP contribution in [0.5, 0.6) is 5.75 Å². The van der Waals surface area contributed by atoms with E-state index >= 15 is 0 Å². The zero-order chi connectivity index (χ0) is 24.7. The number of nitrogens with zero attached hydrogens (tertiary/aromatic N) is 4. The van der Waals surface area contributed by atoms with Crippen LogP contribution in [0.1, 0.15) is 22.6 Å². The lowest BCUT2D eigenvalue weighted by Crippen LogP contribution is -2.34. The van der Waals surface area contributed by atoms with E-state index in [4.69, 9.17) is 4.74 Å². The van der Waals surface area contributed by atoms with Crippen LogP contribution in [-0.2, 0) is 17.5 Å². The topological polar surface area (TPSA) is 89.4 Å². The van der Waals surface area contributed by atoms with Crippen LogP contribution in [0.25, 0.3) is 10.9 Å². The fourth-order valence-corrected chi connectivity index (χ4v) is 3.54. The van der Waals surface area contributed by atoms with E-state index in [1.807, 2.05) is 0 Å². The number of hydrogen-bond donors (Lipinski definition) is 1. The van der Waals surface area contributed by atoms with Crippen LogP contribution in [0.15, 0.2) is 36.5 Å². The van der Waals surface area contributed by atoms with Crippen molar-refractivity contribution in [2.75, 3.05) is 25.5 Å². The summed E-state index contributed by atoms with van der Waals surface area (Å²) in [5.74, 6) is -4.13. The third-order valence-electron chi connectivity index (χ3n) is 5.21. The Hall–Kier alpha value is -3.77. The molecule has 0 atom stereocenters. The summed E-state index contributed by atoms with van der Waals surface area (Å²) in [5.41, 5.74) is -1.11. The highest BCUT2D eigenvalue weighted by molar-refractivity contribution is 6.05. The zero-order valence-electron chi connectivity index (χ0n) is 17.7. The van der Waals surface area contributed by atoms with Gasteiger partial charge in [0, 0.05) is 30.6 Å². The number of benzene rings is 1. The first-order valence-electron chi connectivity index (χ1n) is 10.0. The van der Waals surface area contributed by atoms with Gasteiger partial charge in [-0.25, -0.2) is 13.8 Å². The summed E-state index contributed by atoms with van der Waals surface area (Å²) < 4.78 is 71.9. The highest BCUT2D eigenvalue weighted by atomic mass is 19.4. The van der Waals surface area contributed by atoms with E-state index in [1.165, 1.54) is 30.1 Å². The number of pyridine rings is 1. The molecule has 1 N–H and O–H groups in total. The number of carbonyl (C=O) groups is 2. The summed E-state index contributed by atoms with van der Waals surface area (Å²) in [6, 6.07) is 5.90. The summed E-state index contributed by atoms with van der Waals surface area (Å²) in [7, 11) is 1.33. The number of alkyl halides is 5. The second-order valence-corrected chi connectivity index (χ2v) is 7.72. The van der Waals surface area contributed by atoms with Crippen molar-refractivity contribution in [3.63, 3.8) is 0 Å². The summed E-state index contributed by atoms with van der Waals surface area (Å²) in [6.45, 7) is -0.941. The van der Waals surface area contributed by atoms with Crippen molar-refractivity contribution in [2.24, 2.45) is 0 Å². The predicted molar refractivity (Wildman–Crippen MR) is 110 cm³/mol. The molecule has 2 aromatic heterocycles. The lowest BCUT2D eigenvalue weighted by atomic mass is 10.2. The summed E-state index contributed by atoms with van der Waals surface area (Å²) in [5, 5.41) is 7.18. The quantitative estimate of drug-likeness (QED) is 0.561. The maximum absolute atomic E-state index is 13.4. The number of hydrogen-bond acceptors (Lipinski definition) is 5. The van der Waals surface area contributed by atoms with E-state index in [2.05, 4.69) is 15.4 Å². The van der Waals surface area contributed by atoms with E-state index in [0.717, 1.165) is 23.1 Å². The molecule has 13 heteroatoms. The second-order valence-electron chi connectivity index (χ2n) is 7.72. The average molecular weight is 483 g/mol. The van der Waals surface area contributed by atoms with Crippen LogP contribution in [-0.4, -0.2) is 57.6 Å². The standard InChI is InChI=1S/C21H18F5N5O3/c1-34-16-8-14-12(9-31(29-14)10-18(32)30-6-5-20(22,23)11-30)7-15(16)28-19(33)13-3-2-4-17(27-13)21(24,25)26/h2-4,7-9H,5-6,10-11H2,1H3,(H,28,33). The van der Waals surface area contributed by atoms with Crippen LogP contribution in [0.4, 0.5) is 27.6 Å². The van der Waals surface area contributed by atoms with Gasteiger partial charge in [0.2, 0.25) is 5.91 Å². The number of aromatic nitrogens is 3. The molecule has 1 aliphatic heterocycles. The SMILES string of the molecule is COc1cc2nn(CC(=O)N3CCC(F)(F)C3)cc2cc1NC(=O)c1cccc(C(F)(F)F)n1. The molecule has 0 aliphatic carbocycles. The first kappa shape index (κ1) is 23.4. The Morgan fingerprint density at radius 3 is 2.65 bits per heavy atom. The molecule has 8 nitrogen and oxygen atoms in total. The molecule has 4 rings (SSSR count). The van der Waals surface area contributed by atoms with Crippen molar-refractivity contribution in [3.8, 4) is 5.75 Å². The zero-order valence-corrected chi connectivity index (χ0v) is 17.7. The summed E-state index contributed by atoms with van der Waals surface area (Å²) in [6.07, 6.45) is -3.61. The van der Waals surface area contributed by atoms with Crippen LogP contribution in [0.3, 0.4) is 0 Å². The smallest absolute Gasteiger partial charge is 0.433 e. The van der Waals surface area contributed by atoms with Gasteiger partial charge in [-0.3, -0.25) is 14.3 Å². The van der Waals surface area contributed by atoms with Gasteiger partial charge in [0.25, 0.3) is 11.8 Å². The summed E-state index contributed by atoms with van der Waals surface area (Å²) in [4.78, 5) is 29.3. The number of carbonyl (C=O) groups excluding carboxylic acids is 2. The van der Waals surface area contributed by atoms with Crippen LogP contribution in [0, 0.1) is 0 Å². The van der Waals surface area contributed by atoms with Crippen molar-refractivity contribution in [3.05, 3.63) is 47.9 Å². The maximum Gasteiger partial charge on any atom is 0.433 e. The van der Waals surface area contributed by atoms with E-state index in [0.29, 0.717) is 10.9 Å². The van der Waals surface area contributed by atoms with Gasteiger partial charge in [-0.15, -0.1) is 0 Å². The average Bonchev–Trinajstić information content (AvgIpc) is 3.34. The van der Waals surface area contributed by atoms with Crippen molar-refractivity contribution in [2.45, 2.75) is 25.1 Å². The molecule has 1 fully saturated rings. The van der Waals surface area contributed by atoms with Gasteiger partial charge in [0.05, 0.1) is 24.9 Å². The number of anilines is 1. The Kier molecular flexibility index (Phi) is 5.87. The molecule has 0 unspecified atom stereocenters. The normalized spacial score (nSPS) is 15.5. The predicted octanol–water partition coefficient (Wildman–Crippen LogP) is 3.58. The highest BCUT2D eigenvalue weighted by Gasteiger charge is 2.40. The minimum absolute atomic E-state index is 0.0415. The van der Waals surface area contributed by atoms with Gasteiger partial charge in [-0.2, -0.15) is 18.3 Å². The Bertz CT molecular complexity index is 1260. The highest BCUT2D eigenvalue weighted by Crippen LogP contribution is 2.31. The third-order valence-corrected chi connectivity index (χ3v) is 5.21. The number of amides is 2. The number of rotatable bonds is 5. The monoisotopic (exact) mass is 483 g/mol. The molecule has 0 bridgehead atoms. The molecular formula is C21H18F5N5O3. The van der Waals surface area contributed by atoms with E-state index in [1.54, 1.807) is 0 Å². The lowest BCUT2D eigenvalue weighted by molar-refractivity contribution is -0.141. The Labute approximate surface area is 189 Å². The molecule has 0 saturated carbocycles. The molecular weight excluding hydrogens is 465 g/mol. The first-order chi connectivity index (χ1) is 15.9. The molecule has 2 amide bonds. The van der Waals surface area contributed by atoms with Crippen molar-refractivity contribution in [1.82, 2.24) is 19.7 Å². The van der Waals surface area contributed by atoms with E-state index in [-0.39, 0.29) is 30.9 Å². The number of methoxy groups -OCH3 is 1. The molecule has 1 saturated heterocycles. The van der Waals surface area contributed by atoms with Gasteiger partial charge >= 0.3 is 6.18 Å². The lowest BCUT2D eigenvalue weighted by Gasteiger charge is -2.15. The minimum Gasteiger partial charge on any atom is -0.494 e. The molecule has 3 aromatic rings. The Morgan fingerprint density at radius 1 is 1.24 bits per heavy atom. The Balaban J connectivity index is 1.54. The fourth-order valence-electron chi connectivity index (χ4n) is 3.54. The van der Waals surface area contributed by atoms with Gasteiger partial charge in [0.1, 0.15) is 23.7 Å². The van der Waals surface area contributed by atoms with E-state index in [9.17, 15) is 31.5 Å². The number of likely N-dealkylation sites (tertiary alicyclic amines) is 1. The Morgan fingerprint density at radius 2 is 2.00 bits per heavy atom. The number of nitrogens with one attached hydrogen (secondary N) is 1. The second kappa shape index (κ2) is 8.54. The van der Waals surface area contributed by atoms with Gasteiger partial charge in [0.15, 0.2) is 0 Å². The van der Waals surface area contributed by atoms with Crippen LogP contribution < -0.4 is 10.1 Å². The van der Waals surface area contributed by atoms with E-state index < -0.39 is 41.8 Å². The molecule has 180 valence electrons. The maximum atomic E-state index is 13.4. The number of halogens is 5. The molecule has 3 heterocycles. The molecule has 1 aromatic carbocycles. The molecule has 34 heavy (non-hydrogen) atoms. The summed E-state index contributed by atoms with van der Waals surface area (Å²) >= 11 is 0. The largest absolute Gasteiger partial charge is 0.494 e. The van der Waals surface area contributed by atoms with Gasteiger partial charge in [-0.1, -0.05) is 6.07 Å². The molecule has 0 radical (unpaired) electrons. The molecule has 0 spiro atoms. The number of ether oxygens (including phenoxy) is 1. The number of fused-ring (bicyclic) bond motifs is 1. The minimum atomic E-state index is -4.70. The molecule has 1 aliphatic rings. The van der Waals surface area contributed by atoms with Gasteiger partial charge in [-0.05, 0) is 18.2 Å². The van der Waals surface area contributed by atoms with Gasteiger partial charge < -0.3 is 15.0 Å². The van der Waals surface area contributed by atoms with Crippen molar-refractivity contribution < 1.29 is 36.3 Å².